The van der Waals surface area contributed by atoms with E-state index in [-0.39, 0.29) is 39.0 Å². The highest BCUT2D eigenvalue weighted by molar-refractivity contribution is 6.07. The van der Waals surface area contributed by atoms with Crippen LogP contribution in [0.15, 0.2) is 103 Å². The molecule has 0 aliphatic carbocycles. The van der Waals surface area contributed by atoms with Crippen LogP contribution in [0.25, 0.3) is 0 Å². The van der Waals surface area contributed by atoms with E-state index in [1.165, 1.54) is 4.90 Å². The van der Waals surface area contributed by atoms with Gasteiger partial charge >= 0.3 is 12.2 Å². The number of aryl methyl sites for hydroxylation is 1. The van der Waals surface area contributed by atoms with E-state index in [1.54, 1.807) is 26.8 Å². The molecular weight excluding hydrogens is 739 g/mol. The second-order valence-corrected chi connectivity index (χ2v) is 15.3. The van der Waals surface area contributed by atoms with E-state index >= 15 is 0 Å². The molecule has 4 aromatic carbocycles. The number of nitrogens with two attached hydrogens (primary N) is 1. The van der Waals surface area contributed by atoms with Crippen molar-refractivity contribution >= 4 is 35.6 Å². The maximum atomic E-state index is 14.7. The van der Waals surface area contributed by atoms with Crippen LogP contribution in [0.5, 0.6) is 5.75 Å². The quantitative estimate of drug-likeness (QED) is 0.0937. The van der Waals surface area contributed by atoms with Crippen LogP contribution in [0.1, 0.15) is 67.9 Å². The van der Waals surface area contributed by atoms with Gasteiger partial charge in [-0.2, -0.15) is 0 Å². The highest BCUT2D eigenvalue weighted by Gasteiger charge is 2.42. The molecule has 0 bridgehead atoms. The molecule has 0 saturated heterocycles. The van der Waals surface area contributed by atoms with E-state index in [1.807, 2.05) is 104 Å². The normalized spacial score (nSPS) is 14.7. The van der Waals surface area contributed by atoms with Crippen LogP contribution in [0.3, 0.4) is 0 Å². The Balaban J connectivity index is 1.43. The summed E-state index contributed by atoms with van der Waals surface area (Å²) in [5.74, 6) is -1.41. The fourth-order valence-corrected chi connectivity index (χ4v) is 6.68. The molecule has 1 heterocycles. The second kappa shape index (κ2) is 20.2. The highest BCUT2D eigenvalue weighted by Crippen LogP contribution is 2.37. The largest absolute Gasteiger partial charge is 0.489 e. The monoisotopic (exact) mass is 791 g/mol. The van der Waals surface area contributed by atoms with E-state index in [4.69, 9.17) is 19.9 Å². The molecule has 1 aliphatic rings. The number of carbonyl (C=O) groups excluding carboxylic acids is 5. The average Bonchev–Trinajstić information content (AvgIpc) is 3.19. The summed E-state index contributed by atoms with van der Waals surface area (Å²) in [6, 6.07) is 28.3. The molecule has 0 radical (unpaired) electrons. The summed E-state index contributed by atoms with van der Waals surface area (Å²) in [6.07, 6.45) is -0.161. The van der Waals surface area contributed by atoms with Gasteiger partial charge in [0.25, 0.3) is 5.91 Å². The number of alkyl carbamates (subject to hydrolysis) is 2. The molecule has 4 aromatic rings. The van der Waals surface area contributed by atoms with Crippen molar-refractivity contribution in [2.75, 3.05) is 11.4 Å². The molecular formula is C45H53N5O8. The number of benzene rings is 4. The van der Waals surface area contributed by atoms with E-state index in [2.05, 4.69) is 16.0 Å². The maximum absolute atomic E-state index is 14.7. The third-order valence-electron chi connectivity index (χ3n) is 9.51. The molecule has 5 rings (SSSR count). The molecule has 0 saturated carbocycles. The fourth-order valence-electron chi connectivity index (χ4n) is 6.68. The summed E-state index contributed by atoms with van der Waals surface area (Å²) < 4.78 is 17.1. The van der Waals surface area contributed by atoms with Crippen molar-refractivity contribution < 1.29 is 38.2 Å². The first-order chi connectivity index (χ1) is 27.8. The van der Waals surface area contributed by atoms with Gasteiger partial charge in [-0.25, -0.2) is 9.59 Å². The number of rotatable bonds is 17. The number of unbranched alkanes of at least 4 members (excludes halogenated alkanes) is 1. The molecule has 58 heavy (non-hydrogen) atoms. The highest BCUT2D eigenvalue weighted by atomic mass is 16.6. The Morgan fingerprint density at radius 3 is 2.03 bits per heavy atom. The third kappa shape index (κ3) is 12.6. The lowest BCUT2D eigenvalue weighted by Crippen LogP contribution is -2.61. The minimum absolute atomic E-state index is 0.115. The van der Waals surface area contributed by atoms with Crippen molar-refractivity contribution in [2.45, 2.75) is 96.7 Å². The molecule has 306 valence electrons. The second-order valence-electron chi connectivity index (χ2n) is 15.3. The smallest absolute Gasteiger partial charge is 0.408 e. The van der Waals surface area contributed by atoms with E-state index in [9.17, 15) is 24.0 Å². The van der Waals surface area contributed by atoms with E-state index in [0.29, 0.717) is 24.3 Å². The van der Waals surface area contributed by atoms with Crippen LogP contribution in [0, 0.1) is 6.92 Å². The Morgan fingerprint density at radius 2 is 1.43 bits per heavy atom. The number of amides is 5. The molecule has 5 amide bonds. The number of carbonyl (C=O) groups is 5. The van der Waals surface area contributed by atoms with Gasteiger partial charge in [-0.05, 0) is 80.8 Å². The van der Waals surface area contributed by atoms with Crippen LogP contribution < -0.4 is 31.3 Å². The van der Waals surface area contributed by atoms with Gasteiger partial charge < -0.3 is 35.9 Å². The number of primary amides is 1. The fraction of sp³-hybridized carbons (Fsp3) is 0.356. The molecule has 1 aliphatic heterocycles. The van der Waals surface area contributed by atoms with Gasteiger partial charge in [-0.15, -0.1) is 0 Å². The Kier molecular flexibility index (Phi) is 14.9. The number of hydrogen-bond acceptors (Lipinski definition) is 8. The number of anilines is 1. The van der Waals surface area contributed by atoms with Gasteiger partial charge in [0.1, 0.15) is 42.7 Å². The standard InChI is InChI=1S/C45H53N5O8/c1-30-24-34(56-28-32-18-10-6-11-19-32)26-39-35(30)27-37(49-44(55)58-45(2,3)4)42(53)50(39)38(41(52)48-36(40(46)51)25-31-16-8-5-9-17-31)22-14-15-23-47-43(54)57-29-33-20-12-7-13-21-33/h5-13,16-21,24,26,36-38H,14-15,22-23,25,27-29H2,1-4H3,(H2,46,51)(H,47,54)(H,48,52)(H,49,55)/t36-,37-,38-/m0/s1. The van der Waals surface area contributed by atoms with Gasteiger partial charge in [0.2, 0.25) is 11.8 Å². The zero-order chi connectivity index (χ0) is 41.7. The third-order valence-corrected chi connectivity index (χ3v) is 9.51. The topological polar surface area (TPSA) is 178 Å². The Bertz CT molecular complexity index is 2020. The lowest BCUT2D eigenvalue weighted by molar-refractivity contribution is -0.130. The Hall–Kier alpha value is -6.37. The Labute approximate surface area is 339 Å². The molecule has 0 fully saturated rings. The summed E-state index contributed by atoms with van der Waals surface area (Å²) >= 11 is 0. The van der Waals surface area contributed by atoms with Crippen LogP contribution in [-0.2, 0) is 49.9 Å². The number of hydrogen-bond donors (Lipinski definition) is 4. The molecule has 0 aromatic heterocycles. The molecule has 13 heteroatoms. The maximum Gasteiger partial charge on any atom is 0.408 e. The Morgan fingerprint density at radius 1 is 0.828 bits per heavy atom. The first-order valence-electron chi connectivity index (χ1n) is 19.5. The summed E-state index contributed by atoms with van der Waals surface area (Å²) in [7, 11) is 0. The summed E-state index contributed by atoms with van der Waals surface area (Å²) in [5, 5.41) is 8.30. The SMILES string of the molecule is Cc1cc(OCc2ccccc2)cc2c1C[C@H](NC(=O)OC(C)(C)C)C(=O)N2[C@@H](CCCCNC(=O)OCc1ccccc1)C(=O)N[C@@H](Cc1ccccc1)C(N)=O. The van der Waals surface area contributed by atoms with Gasteiger partial charge in [0.15, 0.2) is 0 Å². The van der Waals surface area contributed by atoms with E-state index in [0.717, 1.165) is 27.8 Å². The van der Waals surface area contributed by atoms with Gasteiger partial charge in [0.05, 0.1) is 5.69 Å². The zero-order valence-corrected chi connectivity index (χ0v) is 33.5. The molecule has 13 nitrogen and oxygen atoms in total. The number of nitrogens with zero attached hydrogens (tertiary/aromatic N) is 1. The number of ether oxygens (including phenoxy) is 3. The average molecular weight is 792 g/mol. The molecule has 3 atom stereocenters. The van der Waals surface area contributed by atoms with Crippen LogP contribution in [0.4, 0.5) is 15.3 Å². The predicted octanol–water partition coefficient (Wildman–Crippen LogP) is 6.03. The van der Waals surface area contributed by atoms with Gasteiger partial charge in [0, 0.05) is 25.5 Å². The van der Waals surface area contributed by atoms with Crippen molar-refractivity contribution in [2.24, 2.45) is 5.73 Å². The minimum Gasteiger partial charge on any atom is -0.489 e. The summed E-state index contributed by atoms with van der Waals surface area (Å²) in [4.78, 5) is 68.9. The van der Waals surface area contributed by atoms with Gasteiger partial charge in [-0.3, -0.25) is 19.3 Å². The lowest BCUT2D eigenvalue weighted by atomic mass is 9.90. The van der Waals surface area contributed by atoms with E-state index < -0.39 is 53.6 Å². The van der Waals surface area contributed by atoms with Crippen LogP contribution in [0.2, 0.25) is 0 Å². The van der Waals surface area contributed by atoms with Crippen molar-refractivity contribution in [1.82, 2.24) is 16.0 Å². The van der Waals surface area contributed by atoms with Crippen molar-refractivity contribution in [3.8, 4) is 5.75 Å². The van der Waals surface area contributed by atoms with Crippen molar-refractivity contribution in [3.05, 3.63) is 131 Å². The first kappa shape index (κ1) is 42.8. The summed E-state index contributed by atoms with van der Waals surface area (Å²) in [5.41, 5.74) is 9.53. The predicted molar refractivity (Wildman–Crippen MR) is 220 cm³/mol. The van der Waals surface area contributed by atoms with Crippen molar-refractivity contribution in [3.63, 3.8) is 0 Å². The van der Waals surface area contributed by atoms with Gasteiger partial charge in [-0.1, -0.05) is 91.0 Å². The lowest BCUT2D eigenvalue weighted by Gasteiger charge is -2.40. The van der Waals surface area contributed by atoms with Crippen LogP contribution >= 0.6 is 0 Å². The molecule has 5 N–H and O–H groups in total. The number of nitrogens with one attached hydrogen (secondary N) is 3. The number of fused-ring (bicyclic) bond motifs is 1. The molecule has 0 unspecified atom stereocenters. The minimum atomic E-state index is -1.17. The van der Waals surface area contributed by atoms with Crippen LogP contribution in [-0.4, -0.2) is 60.2 Å². The molecule has 0 spiro atoms. The zero-order valence-electron chi connectivity index (χ0n) is 33.5. The first-order valence-corrected chi connectivity index (χ1v) is 19.5. The van der Waals surface area contributed by atoms with Crippen molar-refractivity contribution in [1.29, 1.82) is 0 Å². The summed E-state index contributed by atoms with van der Waals surface area (Å²) in [6.45, 7) is 7.67.